The predicted molar refractivity (Wildman–Crippen MR) is 79.7 cm³/mol. The highest BCUT2D eigenvalue weighted by molar-refractivity contribution is 7.99. The maximum absolute atomic E-state index is 12.1. The van der Waals surface area contributed by atoms with Crippen molar-refractivity contribution >= 4 is 21.8 Å². The molecule has 19 heavy (non-hydrogen) atoms. The number of rotatable bonds is 7. The molecule has 0 saturated heterocycles. The van der Waals surface area contributed by atoms with E-state index in [0.717, 1.165) is 30.2 Å². The lowest BCUT2D eigenvalue weighted by Crippen LogP contribution is -2.26. The summed E-state index contributed by atoms with van der Waals surface area (Å²) in [5.74, 6) is 1.59. The van der Waals surface area contributed by atoms with Crippen LogP contribution in [0.25, 0.3) is 0 Å². The average Bonchev–Trinajstić information content (AvgIpc) is 2.85. The largest absolute Gasteiger partial charge is 0.309 e. The summed E-state index contributed by atoms with van der Waals surface area (Å²) in [6.07, 6.45) is 1.81. The number of fused-ring (bicyclic) bond motifs is 1. The van der Waals surface area contributed by atoms with E-state index in [1.165, 1.54) is 5.56 Å². The van der Waals surface area contributed by atoms with E-state index in [4.69, 9.17) is 0 Å². The van der Waals surface area contributed by atoms with E-state index in [-0.39, 0.29) is 0 Å². The van der Waals surface area contributed by atoms with Gasteiger partial charge in [-0.2, -0.15) is 11.8 Å². The van der Waals surface area contributed by atoms with Gasteiger partial charge in [0, 0.05) is 31.1 Å². The molecule has 6 heteroatoms. The van der Waals surface area contributed by atoms with Crippen LogP contribution in [0.4, 0.5) is 0 Å². The third-order valence-corrected chi connectivity index (χ3v) is 5.32. The molecule has 0 atom stereocenters. The van der Waals surface area contributed by atoms with E-state index >= 15 is 0 Å². The van der Waals surface area contributed by atoms with E-state index in [1.54, 1.807) is 23.9 Å². The van der Waals surface area contributed by atoms with Gasteiger partial charge in [0.25, 0.3) is 0 Å². The summed E-state index contributed by atoms with van der Waals surface area (Å²) in [5, 5.41) is 3.20. The highest BCUT2D eigenvalue weighted by Gasteiger charge is 2.17. The zero-order valence-electron chi connectivity index (χ0n) is 10.7. The van der Waals surface area contributed by atoms with Crippen LogP contribution in [-0.2, 0) is 23.1 Å². The Morgan fingerprint density at radius 3 is 2.95 bits per heavy atom. The Kier molecular flexibility index (Phi) is 5.04. The van der Waals surface area contributed by atoms with E-state index in [1.807, 2.05) is 12.1 Å². The maximum atomic E-state index is 12.1. The van der Waals surface area contributed by atoms with Crippen molar-refractivity contribution in [2.45, 2.75) is 18.0 Å². The lowest BCUT2D eigenvalue weighted by Gasteiger charge is -2.08. The van der Waals surface area contributed by atoms with Crippen molar-refractivity contribution in [2.75, 3.05) is 18.1 Å². The van der Waals surface area contributed by atoms with Gasteiger partial charge in [-0.05, 0) is 23.3 Å². The second-order valence-corrected chi connectivity index (χ2v) is 7.21. The first kappa shape index (κ1) is 14.6. The monoisotopic (exact) mass is 298 g/mol. The normalized spacial score (nSPS) is 14.3. The van der Waals surface area contributed by atoms with Crippen molar-refractivity contribution in [1.29, 1.82) is 0 Å². The lowest BCUT2D eigenvalue weighted by atomic mass is 10.1. The first-order valence-electron chi connectivity index (χ1n) is 6.14. The summed E-state index contributed by atoms with van der Waals surface area (Å²) in [6, 6.07) is 5.32. The summed E-state index contributed by atoms with van der Waals surface area (Å²) in [5.41, 5.74) is 2.25. The first-order valence-corrected chi connectivity index (χ1v) is 8.78. The van der Waals surface area contributed by atoms with Crippen LogP contribution in [-0.4, -0.2) is 26.5 Å². The number of hydrogen-bond donors (Lipinski definition) is 2. The molecule has 0 fully saturated rings. The second-order valence-electron chi connectivity index (χ2n) is 4.30. The van der Waals surface area contributed by atoms with Gasteiger partial charge in [-0.25, -0.2) is 13.1 Å². The van der Waals surface area contributed by atoms with Crippen molar-refractivity contribution in [1.82, 2.24) is 10.0 Å². The molecule has 2 rings (SSSR count). The topological polar surface area (TPSA) is 58.2 Å². The van der Waals surface area contributed by atoms with E-state index in [9.17, 15) is 8.42 Å². The molecule has 0 amide bonds. The van der Waals surface area contributed by atoms with Gasteiger partial charge in [-0.15, -0.1) is 6.58 Å². The van der Waals surface area contributed by atoms with Gasteiger partial charge >= 0.3 is 0 Å². The van der Waals surface area contributed by atoms with Crippen LogP contribution in [0.3, 0.4) is 0 Å². The van der Waals surface area contributed by atoms with Crippen molar-refractivity contribution in [2.24, 2.45) is 0 Å². The summed E-state index contributed by atoms with van der Waals surface area (Å²) >= 11 is 1.65. The predicted octanol–water partition coefficient (Wildman–Crippen LogP) is 1.49. The van der Waals surface area contributed by atoms with Gasteiger partial charge in [0.1, 0.15) is 0 Å². The Balaban J connectivity index is 1.97. The van der Waals surface area contributed by atoms with E-state index in [0.29, 0.717) is 11.4 Å². The molecule has 0 saturated carbocycles. The molecule has 104 valence electrons. The third kappa shape index (κ3) is 3.82. The van der Waals surface area contributed by atoms with Gasteiger partial charge in [0.15, 0.2) is 0 Å². The summed E-state index contributed by atoms with van der Waals surface area (Å²) in [7, 11) is -3.39. The molecule has 1 aliphatic rings. The van der Waals surface area contributed by atoms with Crippen molar-refractivity contribution < 1.29 is 8.42 Å². The van der Waals surface area contributed by atoms with E-state index in [2.05, 4.69) is 16.6 Å². The van der Waals surface area contributed by atoms with Gasteiger partial charge in [0.05, 0.1) is 4.90 Å². The molecular weight excluding hydrogens is 280 g/mol. The second kappa shape index (κ2) is 6.56. The molecule has 1 aromatic rings. The van der Waals surface area contributed by atoms with Gasteiger partial charge in [-0.1, -0.05) is 12.1 Å². The van der Waals surface area contributed by atoms with Crippen molar-refractivity contribution in [3.63, 3.8) is 0 Å². The maximum Gasteiger partial charge on any atom is 0.240 e. The van der Waals surface area contributed by atoms with Gasteiger partial charge < -0.3 is 5.32 Å². The highest BCUT2D eigenvalue weighted by atomic mass is 32.2. The van der Waals surface area contributed by atoms with Crippen LogP contribution in [0.1, 0.15) is 11.1 Å². The Morgan fingerprint density at radius 2 is 2.16 bits per heavy atom. The van der Waals surface area contributed by atoms with Crippen LogP contribution in [0.15, 0.2) is 35.7 Å². The molecule has 2 N–H and O–H groups in total. The zero-order valence-corrected chi connectivity index (χ0v) is 12.3. The quantitative estimate of drug-likeness (QED) is 0.591. The number of hydrogen-bond acceptors (Lipinski definition) is 4. The smallest absolute Gasteiger partial charge is 0.240 e. The number of benzene rings is 1. The molecule has 0 aliphatic carbocycles. The van der Waals surface area contributed by atoms with Crippen LogP contribution in [0.2, 0.25) is 0 Å². The van der Waals surface area contributed by atoms with Crippen molar-refractivity contribution in [3.8, 4) is 0 Å². The fraction of sp³-hybridized carbons (Fsp3) is 0.385. The van der Waals surface area contributed by atoms with E-state index < -0.39 is 10.0 Å². The fourth-order valence-corrected chi connectivity index (χ4v) is 3.73. The van der Waals surface area contributed by atoms with Crippen LogP contribution < -0.4 is 10.0 Å². The van der Waals surface area contributed by atoms with Crippen molar-refractivity contribution in [3.05, 3.63) is 42.0 Å². The van der Waals surface area contributed by atoms with Crippen LogP contribution in [0, 0.1) is 0 Å². The first-order chi connectivity index (χ1) is 9.13. The summed E-state index contributed by atoms with van der Waals surface area (Å²) in [4.78, 5) is 0.351. The number of sulfonamides is 1. The molecule has 0 unspecified atom stereocenters. The molecule has 1 aromatic carbocycles. The third-order valence-electron chi connectivity index (χ3n) is 2.89. The average molecular weight is 298 g/mol. The SMILES string of the molecule is C=CCSCCNS(=O)(=O)c1ccc2c(c1)CNC2. The Bertz CT molecular complexity index is 556. The van der Waals surface area contributed by atoms with Gasteiger partial charge in [0.2, 0.25) is 10.0 Å². The Labute approximate surface area is 118 Å². The van der Waals surface area contributed by atoms with Crippen LogP contribution >= 0.6 is 11.8 Å². The minimum absolute atomic E-state index is 0.351. The fourth-order valence-electron chi connectivity index (χ4n) is 1.94. The zero-order chi connectivity index (χ0) is 13.7. The molecule has 0 spiro atoms. The summed E-state index contributed by atoms with van der Waals surface area (Å²) in [6.45, 7) is 5.63. The molecule has 1 heterocycles. The Morgan fingerprint density at radius 1 is 1.37 bits per heavy atom. The molecule has 0 radical (unpaired) electrons. The highest BCUT2D eigenvalue weighted by Crippen LogP contribution is 2.19. The summed E-state index contributed by atoms with van der Waals surface area (Å²) < 4.78 is 26.8. The van der Waals surface area contributed by atoms with Gasteiger partial charge in [-0.3, -0.25) is 0 Å². The molecule has 4 nitrogen and oxygen atoms in total. The molecule has 1 aliphatic heterocycles. The lowest BCUT2D eigenvalue weighted by molar-refractivity contribution is 0.584. The minimum atomic E-state index is -3.39. The Hall–Kier alpha value is -0.820. The standard InChI is InChI=1S/C13H18N2O2S2/c1-2-6-18-7-5-15-19(16,17)13-4-3-11-9-14-10-12(11)8-13/h2-4,8,14-15H,1,5-7,9-10H2. The molecule has 0 aromatic heterocycles. The number of nitrogens with one attached hydrogen (secondary N) is 2. The van der Waals surface area contributed by atoms with Crippen LogP contribution in [0.5, 0.6) is 0 Å². The molecule has 0 bridgehead atoms. The minimum Gasteiger partial charge on any atom is -0.309 e. The number of thioether (sulfide) groups is 1. The molecular formula is C13H18N2O2S2.